The van der Waals surface area contributed by atoms with Gasteiger partial charge in [-0.25, -0.2) is 0 Å². The zero-order chi connectivity index (χ0) is 12.2. The van der Waals surface area contributed by atoms with Crippen LogP contribution in [-0.4, -0.2) is 28.5 Å². The largest absolute Gasteiger partial charge is 0.390 e. The third kappa shape index (κ3) is 5.16. The third-order valence-corrected chi connectivity index (χ3v) is 2.13. The molecule has 92 valence electrons. The second kappa shape index (κ2) is 5.34. The minimum Gasteiger partial charge on any atom is -0.312 e. The minimum absolute atomic E-state index is 0.484. The van der Waals surface area contributed by atoms with Crippen LogP contribution in [0.25, 0.3) is 0 Å². The van der Waals surface area contributed by atoms with Gasteiger partial charge in [0.15, 0.2) is 0 Å². The molecule has 0 aliphatic heterocycles. The highest BCUT2D eigenvalue weighted by Gasteiger charge is 2.29. The molecule has 0 saturated carbocycles. The Hall–Kier alpha value is -1.04. The van der Waals surface area contributed by atoms with Crippen molar-refractivity contribution in [1.29, 1.82) is 0 Å². The van der Waals surface area contributed by atoms with Crippen LogP contribution in [0, 0.1) is 6.92 Å². The van der Waals surface area contributed by atoms with Crippen LogP contribution in [0.2, 0.25) is 0 Å². The molecule has 0 aliphatic rings. The maximum Gasteiger partial charge on any atom is 0.390 e. The molecule has 6 heteroatoms. The average molecular weight is 235 g/mol. The number of nitrogens with one attached hydrogen (secondary N) is 1. The van der Waals surface area contributed by atoms with Gasteiger partial charge in [0.1, 0.15) is 0 Å². The zero-order valence-electron chi connectivity index (χ0n) is 9.38. The minimum atomic E-state index is -4.10. The molecule has 1 aromatic rings. The van der Waals surface area contributed by atoms with Crippen LogP contribution < -0.4 is 5.32 Å². The topological polar surface area (TPSA) is 29.9 Å². The number of rotatable bonds is 5. The van der Waals surface area contributed by atoms with Crippen LogP contribution in [0.3, 0.4) is 0 Å². The number of hydrogen-bond donors (Lipinski definition) is 1. The van der Waals surface area contributed by atoms with E-state index < -0.39 is 18.6 Å². The SMILES string of the molecule is Cc1cnn(CCNC(C)CC(F)(F)F)c1. The summed E-state index contributed by atoms with van der Waals surface area (Å²) in [6.07, 6.45) is -1.32. The lowest BCUT2D eigenvalue weighted by Crippen LogP contribution is -2.33. The van der Waals surface area contributed by atoms with Crippen LogP contribution in [0.15, 0.2) is 12.4 Å². The fourth-order valence-electron chi connectivity index (χ4n) is 1.43. The van der Waals surface area contributed by atoms with Crippen molar-refractivity contribution in [2.75, 3.05) is 6.54 Å². The summed E-state index contributed by atoms with van der Waals surface area (Å²) in [5.74, 6) is 0. The summed E-state index contributed by atoms with van der Waals surface area (Å²) in [4.78, 5) is 0. The normalized spacial score (nSPS) is 14.1. The summed E-state index contributed by atoms with van der Waals surface area (Å²) in [5.41, 5.74) is 1.04. The number of aromatic nitrogens is 2. The van der Waals surface area contributed by atoms with Crippen molar-refractivity contribution in [1.82, 2.24) is 15.1 Å². The van der Waals surface area contributed by atoms with Gasteiger partial charge in [-0.3, -0.25) is 4.68 Å². The Balaban J connectivity index is 2.20. The maximum absolute atomic E-state index is 12.0. The van der Waals surface area contributed by atoms with E-state index in [1.54, 1.807) is 10.9 Å². The molecule has 0 saturated heterocycles. The Labute approximate surface area is 92.6 Å². The van der Waals surface area contributed by atoms with Crippen molar-refractivity contribution >= 4 is 0 Å². The molecule has 3 nitrogen and oxygen atoms in total. The number of hydrogen-bond acceptors (Lipinski definition) is 2. The molecule has 0 radical (unpaired) electrons. The lowest BCUT2D eigenvalue weighted by atomic mass is 10.2. The summed E-state index contributed by atoms with van der Waals surface area (Å²) >= 11 is 0. The highest BCUT2D eigenvalue weighted by Crippen LogP contribution is 2.21. The van der Waals surface area contributed by atoms with Crippen LogP contribution >= 0.6 is 0 Å². The van der Waals surface area contributed by atoms with E-state index >= 15 is 0 Å². The van der Waals surface area contributed by atoms with Crippen LogP contribution in [0.1, 0.15) is 18.9 Å². The predicted octanol–water partition coefficient (Wildman–Crippen LogP) is 2.12. The van der Waals surface area contributed by atoms with Crippen molar-refractivity contribution < 1.29 is 13.2 Å². The highest BCUT2D eigenvalue weighted by molar-refractivity contribution is 4.99. The molecule has 0 amide bonds. The molecule has 1 aromatic heterocycles. The first-order valence-corrected chi connectivity index (χ1v) is 5.16. The van der Waals surface area contributed by atoms with Gasteiger partial charge >= 0.3 is 6.18 Å². The second-order valence-electron chi connectivity index (χ2n) is 3.96. The zero-order valence-corrected chi connectivity index (χ0v) is 9.38. The first-order chi connectivity index (χ1) is 7.37. The van der Waals surface area contributed by atoms with E-state index in [0.717, 1.165) is 5.56 Å². The standard InChI is InChI=1S/C10H16F3N3/c1-8-6-15-16(7-8)4-3-14-9(2)5-10(11,12)13/h6-7,9,14H,3-5H2,1-2H3. The molecule has 0 spiro atoms. The molecule has 16 heavy (non-hydrogen) atoms. The van der Waals surface area contributed by atoms with Gasteiger partial charge in [-0.05, 0) is 19.4 Å². The van der Waals surface area contributed by atoms with E-state index in [9.17, 15) is 13.2 Å². The molecular formula is C10H16F3N3. The Morgan fingerprint density at radius 1 is 1.50 bits per heavy atom. The first-order valence-electron chi connectivity index (χ1n) is 5.16. The van der Waals surface area contributed by atoms with Gasteiger partial charge in [0.2, 0.25) is 0 Å². The quantitative estimate of drug-likeness (QED) is 0.847. The summed E-state index contributed by atoms with van der Waals surface area (Å²) in [6, 6.07) is -0.559. The summed E-state index contributed by atoms with van der Waals surface area (Å²) in [5, 5.41) is 6.86. The van der Waals surface area contributed by atoms with Gasteiger partial charge in [0.25, 0.3) is 0 Å². The Kier molecular flexibility index (Phi) is 4.35. The van der Waals surface area contributed by atoms with Crippen LogP contribution in [-0.2, 0) is 6.54 Å². The molecular weight excluding hydrogens is 219 g/mol. The fraction of sp³-hybridized carbons (Fsp3) is 0.700. The number of aryl methyl sites for hydroxylation is 1. The lowest BCUT2D eigenvalue weighted by molar-refractivity contribution is -0.139. The van der Waals surface area contributed by atoms with Crippen molar-refractivity contribution in [3.05, 3.63) is 18.0 Å². The molecule has 0 bridgehead atoms. The molecule has 0 aromatic carbocycles. The van der Waals surface area contributed by atoms with E-state index in [2.05, 4.69) is 10.4 Å². The molecule has 1 atom stereocenters. The van der Waals surface area contributed by atoms with E-state index in [-0.39, 0.29) is 0 Å². The van der Waals surface area contributed by atoms with E-state index in [1.165, 1.54) is 6.92 Å². The van der Waals surface area contributed by atoms with E-state index in [4.69, 9.17) is 0 Å². The predicted molar refractivity (Wildman–Crippen MR) is 55.1 cm³/mol. The number of halogens is 3. The smallest absolute Gasteiger partial charge is 0.312 e. The molecule has 1 N–H and O–H groups in total. The van der Waals surface area contributed by atoms with Crippen molar-refractivity contribution in [2.45, 2.75) is 39.0 Å². The number of alkyl halides is 3. The molecule has 1 unspecified atom stereocenters. The van der Waals surface area contributed by atoms with Crippen LogP contribution in [0.4, 0.5) is 13.2 Å². The second-order valence-corrected chi connectivity index (χ2v) is 3.96. The molecule has 0 aliphatic carbocycles. The van der Waals surface area contributed by atoms with E-state index in [0.29, 0.717) is 13.1 Å². The fourth-order valence-corrected chi connectivity index (χ4v) is 1.43. The Morgan fingerprint density at radius 3 is 2.69 bits per heavy atom. The van der Waals surface area contributed by atoms with Gasteiger partial charge in [0, 0.05) is 18.8 Å². The summed E-state index contributed by atoms with van der Waals surface area (Å²) < 4.78 is 37.7. The average Bonchev–Trinajstić information content (AvgIpc) is 2.48. The van der Waals surface area contributed by atoms with Gasteiger partial charge < -0.3 is 5.32 Å². The Morgan fingerprint density at radius 2 is 2.19 bits per heavy atom. The van der Waals surface area contributed by atoms with Gasteiger partial charge in [-0.15, -0.1) is 0 Å². The maximum atomic E-state index is 12.0. The number of nitrogens with zero attached hydrogens (tertiary/aromatic N) is 2. The van der Waals surface area contributed by atoms with E-state index in [1.807, 2.05) is 13.1 Å². The van der Waals surface area contributed by atoms with Crippen molar-refractivity contribution in [3.8, 4) is 0 Å². The van der Waals surface area contributed by atoms with Crippen molar-refractivity contribution in [2.24, 2.45) is 0 Å². The summed E-state index contributed by atoms with van der Waals surface area (Å²) in [6.45, 7) is 4.51. The van der Waals surface area contributed by atoms with Gasteiger partial charge in [-0.2, -0.15) is 18.3 Å². The monoisotopic (exact) mass is 235 g/mol. The highest BCUT2D eigenvalue weighted by atomic mass is 19.4. The van der Waals surface area contributed by atoms with Gasteiger partial charge in [-0.1, -0.05) is 0 Å². The first kappa shape index (κ1) is 13.0. The van der Waals surface area contributed by atoms with Crippen molar-refractivity contribution in [3.63, 3.8) is 0 Å². The Bertz CT molecular complexity index is 319. The van der Waals surface area contributed by atoms with Gasteiger partial charge in [0.05, 0.1) is 19.2 Å². The van der Waals surface area contributed by atoms with Crippen LogP contribution in [0.5, 0.6) is 0 Å². The third-order valence-electron chi connectivity index (χ3n) is 2.13. The molecule has 0 fully saturated rings. The lowest BCUT2D eigenvalue weighted by Gasteiger charge is -2.15. The molecule has 1 heterocycles. The summed E-state index contributed by atoms with van der Waals surface area (Å²) in [7, 11) is 0. The molecule has 1 rings (SSSR count).